The van der Waals surface area contributed by atoms with Gasteiger partial charge in [0.25, 0.3) is 0 Å². The highest BCUT2D eigenvalue weighted by Crippen LogP contribution is 2.18. The fourth-order valence-electron chi connectivity index (χ4n) is 2.61. The molecular weight excluding hydrogens is 204 g/mol. The molecule has 1 saturated heterocycles. The molecule has 0 amide bonds. The van der Waals surface area contributed by atoms with Crippen molar-refractivity contribution in [3.8, 4) is 0 Å². The maximum absolute atomic E-state index is 11.3. The second-order valence-corrected chi connectivity index (χ2v) is 5.23. The maximum Gasteiger partial charge on any atom is 0.321 e. The average Bonchev–Trinajstić information content (AvgIpc) is 2.27. The topological polar surface area (TPSA) is 43.8 Å². The third kappa shape index (κ3) is 3.19. The fraction of sp³-hybridized carbons (Fsp3) is 0.917. The van der Waals surface area contributed by atoms with E-state index in [1.807, 2.05) is 13.8 Å². The van der Waals surface area contributed by atoms with Gasteiger partial charge in [-0.15, -0.1) is 0 Å². The Morgan fingerprint density at radius 1 is 1.38 bits per heavy atom. The molecule has 16 heavy (non-hydrogen) atoms. The molecule has 2 atom stereocenters. The van der Waals surface area contributed by atoms with Crippen molar-refractivity contribution in [2.75, 3.05) is 26.7 Å². The normalized spacial score (nSPS) is 26.7. The summed E-state index contributed by atoms with van der Waals surface area (Å²) in [6, 6.07) is -0.0301. The molecule has 2 unspecified atom stereocenters. The number of nitrogens with zero attached hydrogens (tertiary/aromatic N) is 2. The lowest BCUT2D eigenvalue weighted by Gasteiger charge is -2.35. The summed E-state index contributed by atoms with van der Waals surface area (Å²) in [5, 5.41) is 9.32. The number of hydrogen-bond acceptors (Lipinski definition) is 3. The Labute approximate surface area is 98.2 Å². The molecule has 1 N–H and O–H groups in total. The lowest BCUT2D eigenvalue weighted by molar-refractivity contribution is -0.146. The van der Waals surface area contributed by atoms with Crippen LogP contribution in [0.4, 0.5) is 0 Å². The van der Waals surface area contributed by atoms with Crippen LogP contribution in [0, 0.1) is 5.92 Å². The third-order valence-electron chi connectivity index (χ3n) is 3.34. The third-order valence-corrected chi connectivity index (χ3v) is 3.34. The van der Waals surface area contributed by atoms with E-state index in [2.05, 4.69) is 23.8 Å². The molecule has 1 heterocycles. The quantitative estimate of drug-likeness (QED) is 0.786. The van der Waals surface area contributed by atoms with Crippen molar-refractivity contribution in [3.63, 3.8) is 0 Å². The summed E-state index contributed by atoms with van der Waals surface area (Å²) in [7, 11) is 2.10. The number of likely N-dealkylation sites (N-methyl/N-ethyl adjacent to an activating group) is 1. The van der Waals surface area contributed by atoms with Gasteiger partial charge in [-0.25, -0.2) is 0 Å². The molecule has 1 aliphatic heterocycles. The standard InChI is InChI=1S/C12H24N2O2/c1-9(2)11(12(15)16)14-7-5-6-13(4)8-10(14)3/h9-11H,5-8H2,1-4H3,(H,15,16). The molecular formula is C12H24N2O2. The SMILES string of the molecule is CC(C)C(C(=O)O)N1CCCN(C)CC1C. The van der Waals surface area contributed by atoms with Crippen LogP contribution in [-0.4, -0.2) is 59.6 Å². The van der Waals surface area contributed by atoms with Crippen LogP contribution in [0.2, 0.25) is 0 Å². The highest BCUT2D eigenvalue weighted by Gasteiger charge is 2.33. The number of carboxylic acids is 1. The summed E-state index contributed by atoms with van der Waals surface area (Å²) < 4.78 is 0. The Kier molecular flexibility index (Phi) is 4.74. The van der Waals surface area contributed by atoms with Crippen molar-refractivity contribution in [2.24, 2.45) is 5.92 Å². The highest BCUT2D eigenvalue weighted by molar-refractivity contribution is 5.73. The van der Waals surface area contributed by atoms with Gasteiger partial charge in [0.1, 0.15) is 6.04 Å². The largest absolute Gasteiger partial charge is 0.480 e. The van der Waals surface area contributed by atoms with Gasteiger partial charge in [-0.3, -0.25) is 9.69 Å². The zero-order chi connectivity index (χ0) is 12.3. The summed E-state index contributed by atoms with van der Waals surface area (Å²) in [5.41, 5.74) is 0. The molecule has 0 aromatic carbocycles. The van der Waals surface area contributed by atoms with E-state index in [9.17, 15) is 9.90 Å². The first-order valence-electron chi connectivity index (χ1n) is 6.10. The predicted molar refractivity (Wildman–Crippen MR) is 64.5 cm³/mol. The highest BCUT2D eigenvalue weighted by atomic mass is 16.4. The van der Waals surface area contributed by atoms with Gasteiger partial charge < -0.3 is 10.0 Å². The average molecular weight is 228 g/mol. The van der Waals surface area contributed by atoms with Gasteiger partial charge in [-0.05, 0) is 32.9 Å². The maximum atomic E-state index is 11.3. The lowest BCUT2D eigenvalue weighted by atomic mass is 10.0. The minimum atomic E-state index is -0.689. The van der Waals surface area contributed by atoms with Gasteiger partial charge in [0.15, 0.2) is 0 Å². The Morgan fingerprint density at radius 2 is 2.00 bits per heavy atom. The number of aliphatic carboxylic acids is 1. The van der Waals surface area contributed by atoms with Crippen LogP contribution in [0.3, 0.4) is 0 Å². The second kappa shape index (κ2) is 5.64. The molecule has 4 heteroatoms. The summed E-state index contributed by atoms with van der Waals surface area (Å²) in [6.45, 7) is 9.00. The van der Waals surface area contributed by atoms with Gasteiger partial charge in [0.05, 0.1) is 0 Å². The molecule has 0 aliphatic carbocycles. The summed E-state index contributed by atoms with van der Waals surface area (Å²) >= 11 is 0. The number of hydrogen-bond donors (Lipinski definition) is 1. The Morgan fingerprint density at radius 3 is 2.50 bits per heavy atom. The van der Waals surface area contributed by atoms with Crippen LogP contribution in [0.1, 0.15) is 27.2 Å². The van der Waals surface area contributed by atoms with Crippen LogP contribution in [0.25, 0.3) is 0 Å². The van der Waals surface area contributed by atoms with Crippen molar-refractivity contribution in [2.45, 2.75) is 39.3 Å². The van der Waals surface area contributed by atoms with Crippen molar-refractivity contribution < 1.29 is 9.90 Å². The monoisotopic (exact) mass is 228 g/mol. The smallest absolute Gasteiger partial charge is 0.321 e. The predicted octanol–water partition coefficient (Wildman–Crippen LogP) is 1.12. The molecule has 1 rings (SSSR count). The van der Waals surface area contributed by atoms with E-state index in [0.29, 0.717) is 6.04 Å². The molecule has 94 valence electrons. The van der Waals surface area contributed by atoms with Gasteiger partial charge in [-0.2, -0.15) is 0 Å². The van der Waals surface area contributed by atoms with Crippen LogP contribution < -0.4 is 0 Å². The number of carbonyl (C=O) groups is 1. The van der Waals surface area contributed by atoms with Crippen molar-refractivity contribution in [3.05, 3.63) is 0 Å². The fourth-order valence-corrected chi connectivity index (χ4v) is 2.61. The first-order valence-corrected chi connectivity index (χ1v) is 6.10. The van der Waals surface area contributed by atoms with E-state index in [1.54, 1.807) is 0 Å². The number of rotatable bonds is 3. The Balaban J connectivity index is 2.78. The van der Waals surface area contributed by atoms with E-state index in [0.717, 1.165) is 26.1 Å². The van der Waals surface area contributed by atoms with Gasteiger partial charge in [-0.1, -0.05) is 13.8 Å². The lowest BCUT2D eigenvalue weighted by Crippen LogP contribution is -2.50. The van der Waals surface area contributed by atoms with Crippen LogP contribution in [0.15, 0.2) is 0 Å². The van der Waals surface area contributed by atoms with Gasteiger partial charge >= 0.3 is 5.97 Å². The Bertz CT molecular complexity index is 243. The van der Waals surface area contributed by atoms with Crippen LogP contribution >= 0.6 is 0 Å². The zero-order valence-electron chi connectivity index (χ0n) is 10.8. The van der Waals surface area contributed by atoms with Crippen LogP contribution in [-0.2, 0) is 4.79 Å². The first kappa shape index (κ1) is 13.5. The molecule has 0 spiro atoms. The van der Waals surface area contributed by atoms with Gasteiger partial charge in [0, 0.05) is 19.1 Å². The number of carboxylic acid groups (broad SMARTS) is 1. The second-order valence-electron chi connectivity index (χ2n) is 5.23. The van der Waals surface area contributed by atoms with Crippen molar-refractivity contribution >= 4 is 5.97 Å². The van der Waals surface area contributed by atoms with Crippen molar-refractivity contribution in [1.29, 1.82) is 0 Å². The minimum absolute atomic E-state index is 0.156. The molecule has 0 aromatic heterocycles. The van der Waals surface area contributed by atoms with Crippen molar-refractivity contribution in [1.82, 2.24) is 9.80 Å². The molecule has 0 saturated carbocycles. The van der Waals surface area contributed by atoms with Gasteiger partial charge in [0.2, 0.25) is 0 Å². The molecule has 0 radical (unpaired) electrons. The van der Waals surface area contributed by atoms with E-state index in [-0.39, 0.29) is 12.0 Å². The molecule has 1 aliphatic rings. The summed E-state index contributed by atoms with van der Waals surface area (Å²) in [6.07, 6.45) is 1.05. The van der Waals surface area contributed by atoms with Crippen LogP contribution in [0.5, 0.6) is 0 Å². The van der Waals surface area contributed by atoms with E-state index in [4.69, 9.17) is 0 Å². The molecule has 4 nitrogen and oxygen atoms in total. The summed E-state index contributed by atoms with van der Waals surface area (Å²) in [5.74, 6) is -0.533. The first-order chi connectivity index (χ1) is 7.43. The van der Waals surface area contributed by atoms with E-state index >= 15 is 0 Å². The minimum Gasteiger partial charge on any atom is -0.480 e. The zero-order valence-corrected chi connectivity index (χ0v) is 10.8. The van der Waals surface area contributed by atoms with E-state index in [1.165, 1.54) is 0 Å². The Hall–Kier alpha value is -0.610. The molecule has 0 aromatic rings. The molecule has 0 bridgehead atoms. The van der Waals surface area contributed by atoms with E-state index < -0.39 is 5.97 Å². The summed E-state index contributed by atoms with van der Waals surface area (Å²) in [4.78, 5) is 15.8. The molecule has 1 fully saturated rings.